The van der Waals surface area contributed by atoms with Crippen LogP contribution >= 0.6 is 0 Å². The van der Waals surface area contributed by atoms with E-state index in [1.54, 1.807) is 14.2 Å². The summed E-state index contributed by atoms with van der Waals surface area (Å²) < 4.78 is 26.5. The topological polar surface area (TPSA) is 63.2 Å². The lowest BCUT2D eigenvalue weighted by Gasteiger charge is -2.22. The van der Waals surface area contributed by atoms with Crippen LogP contribution in [0.1, 0.15) is 12.8 Å². The zero-order chi connectivity index (χ0) is 16.0. The third-order valence-corrected chi connectivity index (χ3v) is 5.83. The molecule has 0 heterocycles. The summed E-state index contributed by atoms with van der Waals surface area (Å²) in [5.74, 6) is -0.397. The molecule has 0 N–H and O–H groups in total. The maximum absolute atomic E-state index is 10.7. The molecule has 0 aliphatic carbocycles. The van der Waals surface area contributed by atoms with Gasteiger partial charge in [-0.3, -0.25) is 0 Å². The molecule has 0 aliphatic rings. The lowest BCUT2D eigenvalue weighted by Crippen LogP contribution is -2.37. The molecule has 0 aliphatic heterocycles. The van der Waals surface area contributed by atoms with E-state index < -0.39 is 14.5 Å². The van der Waals surface area contributed by atoms with Crippen molar-refractivity contribution < 1.29 is 27.9 Å². The van der Waals surface area contributed by atoms with Gasteiger partial charge in [0.05, 0.1) is 6.61 Å². The van der Waals surface area contributed by atoms with Crippen molar-refractivity contribution in [2.75, 3.05) is 47.3 Å². The van der Waals surface area contributed by atoms with Crippen molar-refractivity contribution in [3.8, 4) is 0 Å². The SMILES string of the molecule is C=CC(=O)OCCCOCCCOCC[Si](C)(OC)OC. The summed E-state index contributed by atoms with van der Waals surface area (Å²) in [6.45, 7) is 8.20. The Morgan fingerprint density at radius 2 is 1.52 bits per heavy atom. The highest BCUT2D eigenvalue weighted by atomic mass is 28.4. The molecule has 0 aromatic heterocycles. The molecule has 0 unspecified atom stereocenters. The summed E-state index contributed by atoms with van der Waals surface area (Å²) in [4.78, 5) is 10.7. The first-order valence-electron chi connectivity index (χ1n) is 7.13. The average Bonchev–Trinajstić information content (AvgIpc) is 2.51. The molecule has 0 spiro atoms. The van der Waals surface area contributed by atoms with Crippen LogP contribution in [0.2, 0.25) is 12.6 Å². The smallest absolute Gasteiger partial charge is 0.336 e. The molecule has 0 saturated carbocycles. The number of ether oxygens (including phenoxy) is 3. The van der Waals surface area contributed by atoms with Crippen LogP contribution < -0.4 is 0 Å². The van der Waals surface area contributed by atoms with Crippen molar-refractivity contribution in [2.24, 2.45) is 0 Å². The second-order valence-electron chi connectivity index (χ2n) is 4.60. The first kappa shape index (κ1) is 20.3. The Morgan fingerprint density at radius 1 is 1.00 bits per heavy atom. The van der Waals surface area contributed by atoms with Crippen LogP contribution in [0.5, 0.6) is 0 Å². The quantitative estimate of drug-likeness (QED) is 0.211. The van der Waals surface area contributed by atoms with E-state index in [-0.39, 0.29) is 0 Å². The number of hydrogen-bond donors (Lipinski definition) is 0. The van der Waals surface area contributed by atoms with Gasteiger partial charge < -0.3 is 23.1 Å². The average molecular weight is 320 g/mol. The largest absolute Gasteiger partial charge is 0.462 e. The summed E-state index contributed by atoms with van der Waals surface area (Å²) in [5.41, 5.74) is 0. The summed E-state index contributed by atoms with van der Waals surface area (Å²) in [5, 5.41) is 0. The van der Waals surface area contributed by atoms with Gasteiger partial charge in [0.25, 0.3) is 0 Å². The second-order valence-corrected chi connectivity index (χ2v) is 8.18. The Hall–Kier alpha value is -0.733. The molecule has 124 valence electrons. The fourth-order valence-corrected chi connectivity index (χ4v) is 2.49. The highest BCUT2D eigenvalue weighted by Gasteiger charge is 2.27. The molecular weight excluding hydrogens is 292 g/mol. The van der Waals surface area contributed by atoms with Gasteiger partial charge in [-0.15, -0.1) is 0 Å². The van der Waals surface area contributed by atoms with E-state index in [1.807, 2.05) is 6.55 Å². The summed E-state index contributed by atoms with van der Waals surface area (Å²) >= 11 is 0. The molecule has 7 heteroatoms. The number of carbonyl (C=O) groups excluding carboxylic acids is 1. The molecule has 0 aromatic rings. The van der Waals surface area contributed by atoms with Crippen molar-refractivity contribution in [3.63, 3.8) is 0 Å². The Bertz CT molecular complexity index is 281. The standard InChI is InChI=1S/C14H28O6Si/c1-5-14(15)20-11-7-10-18-8-6-9-19-12-13-21(4,16-2)17-3/h5H,1,6-13H2,2-4H3. The van der Waals surface area contributed by atoms with Crippen molar-refractivity contribution in [3.05, 3.63) is 12.7 Å². The molecular formula is C14H28O6Si. The number of carbonyl (C=O) groups is 1. The maximum atomic E-state index is 10.7. The van der Waals surface area contributed by atoms with E-state index in [0.717, 1.165) is 18.5 Å². The predicted octanol–water partition coefficient (Wildman–Crippen LogP) is 1.89. The molecule has 0 saturated heterocycles. The van der Waals surface area contributed by atoms with E-state index in [4.69, 9.17) is 23.1 Å². The van der Waals surface area contributed by atoms with Gasteiger partial charge in [-0.2, -0.15) is 0 Å². The predicted molar refractivity (Wildman–Crippen MR) is 82.5 cm³/mol. The zero-order valence-electron chi connectivity index (χ0n) is 13.4. The molecule has 0 fully saturated rings. The van der Waals surface area contributed by atoms with Crippen molar-refractivity contribution in [1.29, 1.82) is 0 Å². The van der Waals surface area contributed by atoms with E-state index in [9.17, 15) is 4.79 Å². The maximum Gasteiger partial charge on any atom is 0.336 e. The van der Waals surface area contributed by atoms with E-state index >= 15 is 0 Å². The fraction of sp³-hybridized carbons (Fsp3) is 0.786. The zero-order valence-corrected chi connectivity index (χ0v) is 14.4. The lowest BCUT2D eigenvalue weighted by molar-refractivity contribution is -0.138. The summed E-state index contributed by atoms with van der Waals surface area (Å²) in [7, 11) is 1.35. The number of rotatable bonds is 14. The fourth-order valence-electron chi connectivity index (χ4n) is 1.40. The Kier molecular flexibility index (Phi) is 12.5. The lowest BCUT2D eigenvalue weighted by atomic mass is 10.4. The molecule has 21 heavy (non-hydrogen) atoms. The van der Waals surface area contributed by atoms with Gasteiger partial charge in [0, 0.05) is 59.2 Å². The van der Waals surface area contributed by atoms with Crippen LogP contribution in [0.25, 0.3) is 0 Å². The van der Waals surface area contributed by atoms with Crippen LogP contribution in [0.15, 0.2) is 12.7 Å². The first-order valence-corrected chi connectivity index (χ1v) is 9.65. The van der Waals surface area contributed by atoms with Gasteiger partial charge in [0.15, 0.2) is 0 Å². The van der Waals surface area contributed by atoms with E-state index in [1.165, 1.54) is 0 Å². The first-order chi connectivity index (χ1) is 10.1. The van der Waals surface area contributed by atoms with Crippen LogP contribution in [-0.2, 0) is 27.9 Å². The van der Waals surface area contributed by atoms with Crippen LogP contribution in [0.3, 0.4) is 0 Å². The van der Waals surface area contributed by atoms with Crippen molar-refractivity contribution in [2.45, 2.75) is 25.4 Å². The van der Waals surface area contributed by atoms with Gasteiger partial charge in [-0.05, 0) is 13.0 Å². The van der Waals surface area contributed by atoms with E-state index in [0.29, 0.717) is 39.5 Å². The minimum Gasteiger partial charge on any atom is -0.462 e. The Morgan fingerprint density at radius 3 is 2.05 bits per heavy atom. The molecule has 0 aromatic carbocycles. The molecule has 0 bridgehead atoms. The minimum atomic E-state index is -2.00. The molecule has 0 atom stereocenters. The third-order valence-electron chi connectivity index (χ3n) is 2.99. The van der Waals surface area contributed by atoms with Crippen molar-refractivity contribution in [1.82, 2.24) is 0 Å². The minimum absolute atomic E-state index is 0.360. The number of esters is 1. The normalized spacial score (nSPS) is 11.4. The van der Waals surface area contributed by atoms with Gasteiger partial charge in [-0.25, -0.2) is 4.79 Å². The summed E-state index contributed by atoms with van der Waals surface area (Å²) in [6, 6.07) is 0.815. The van der Waals surface area contributed by atoms with Crippen LogP contribution in [-0.4, -0.2) is 61.8 Å². The van der Waals surface area contributed by atoms with Gasteiger partial charge in [-0.1, -0.05) is 6.58 Å². The molecule has 0 amide bonds. The molecule has 6 nitrogen and oxygen atoms in total. The second kappa shape index (κ2) is 13.0. The number of hydrogen-bond acceptors (Lipinski definition) is 6. The monoisotopic (exact) mass is 320 g/mol. The highest BCUT2D eigenvalue weighted by molar-refractivity contribution is 6.65. The Labute approximate surface area is 128 Å². The van der Waals surface area contributed by atoms with Gasteiger partial charge in [0.2, 0.25) is 0 Å². The Balaban J connectivity index is 3.26. The van der Waals surface area contributed by atoms with E-state index in [2.05, 4.69) is 6.58 Å². The van der Waals surface area contributed by atoms with Gasteiger partial charge >= 0.3 is 14.5 Å². The third kappa shape index (κ3) is 11.6. The highest BCUT2D eigenvalue weighted by Crippen LogP contribution is 2.10. The van der Waals surface area contributed by atoms with Gasteiger partial charge in [0.1, 0.15) is 0 Å². The van der Waals surface area contributed by atoms with Crippen molar-refractivity contribution >= 4 is 14.5 Å². The van der Waals surface area contributed by atoms with Crippen LogP contribution in [0.4, 0.5) is 0 Å². The molecule has 0 radical (unpaired) electrons. The summed E-state index contributed by atoms with van der Waals surface area (Å²) in [6.07, 6.45) is 2.68. The molecule has 0 rings (SSSR count). The van der Waals surface area contributed by atoms with Crippen LogP contribution in [0, 0.1) is 0 Å².